The molecule has 0 amide bonds. The van der Waals surface area contributed by atoms with Crippen molar-refractivity contribution in [2.24, 2.45) is 5.92 Å². The molecule has 0 aromatic carbocycles. The summed E-state index contributed by atoms with van der Waals surface area (Å²) >= 11 is -2.13. The van der Waals surface area contributed by atoms with Gasteiger partial charge in [0.15, 0.2) is 0 Å². The molecule has 0 N–H and O–H groups in total. The molecule has 0 aliphatic carbocycles. The Morgan fingerprint density at radius 1 is 1.61 bits per heavy atom. The fourth-order valence-corrected chi connectivity index (χ4v) is 2.69. The van der Waals surface area contributed by atoms with Gasteiger partial charge in [0.1, 0.15) is 5.82 Å². The summed E-state index contributed by atoms with van der Waals surface area (Å²) in [5.41, 5.74) is 2.09. The average molecular weight is 268 g/mol. The number of fused-ring (bicyclic) bond motifs is 1. The van der Waals surface area contributed by atoms with Gasteiger partial charge >= 0.3 is 0 Å². The third-order valence-electron chi connectivity index (χ3n) is 3.15. The van der Waals surface area contributed by atoms with Crippen LogP contribution in [0.3, 0.4) is 0 Å². The van der Waals surface area contributed by atoms with E-state index in [0.29, 0.717) is 17.8 Å². The first-order valence-electron chi connectivity index (χ1n) is 6.12. The number of rotatable bonds is 4. The zero-order valence-corrected chi connectivity index (χ0v) is 11.7. The van der Waals surface area contributed by atoms with Gasteiger partial charge in [0, 0.05) is 30.9 Å². The maximum absolute atomic E-state index is 10.7. The molecule has 5 nitrogen and oxygen atoms in total. The number of hydrogen-bond donors (Lipinski definition) is 0. The minimum Gasteiger partial charge on any atom is -0.772 e. The summed E-state index contributed by atoms with van der Waals surface area (Å²) in [6.07, 6.45) is 1.77. The van der Waals surface area contributed by atoms with Crippen molar-refractivity contribution >= 4 is 11.1 Å². The lowest BCUT2D eigenvalue weighted by Gasteiger charge is -2.22. The van der Waals surface area contributed by atoms with Gasteiger partial charge in [-0.1, -0.05) is 13.8 Å². The topological polar surface area (TPSA) is 69.2 Å². The molecule has 2 atom stereocenters. The summed E-state index contributed by atoms with van der Waals surface area (Å²) in [7, 11) is 0. The van der Waals surface area contributed by atoms with Gasteiger partial charge in [0.25, 0.3) is 0 Å². The van der Waals surface area contributed by atoms with E-state index in [1.807, 2.05) is 0 Å². The van der Waals surface area contributed by atoms with E-state index in [4.69, 9.17) is 0 Å². The molecule has 0 fully saturated rings. The second-order valence-electron chi connectivity index (χ2n) is 5.14. The molecule has 0 spiro atoms. The molecule has 100 valence electrons. The van der Waals surface area contributed by atoms with Gasteiger partial charge in [-0.3, -0.25) is 9.11 Å². The Bertz CT molecular complexity index is 465. The van der Waals surface area contributed by atoms with Crippen LogP contribution in [0.5, 0.6) is 0 Å². The van der Waals surface area contributed by atoms with Gasteiger partial charge in [0.05, 0.1) is 11.4 Å². The van der Waals surface area contributed by atoms with Gasteiger partial charge in [-0.05, 0) is 23.9 Å². The lowest BCUT2D eigenvalue weighted by molar-refractivity contribution is 0.202. The number of nitrogens with zero attached hydrogens (tertiary/aromatic N) is 3. The van der Waals surface area contributed by atoms with Crippen LogP contribution in [0.2, 0.25) is 0 Å². The maximum Gasteiger partial charge on any atom is 0.139 e. The first kappa shape index (κ1) is 13.6. The van der Waals surface area contributed by atoms with Crippen molar-refractivity contribution < 1.29 is 8.76 Å². The Morgan fingerprint density at radius 3 is 2.94 bits per heavy atom. The van der Waals surface area contributed by atoms with Crippen LogP contribution in [0.25, 0.3) is 0 Å². The summed E-state index contributed by atoms with van der Waals surface area (Å²) in [6, 6.07) is 0.314. The van der Waals surface area contributed by atoms with Crippen LogP contribution in [0.1, 0.15) is 43.9 Å². The van der Waals surface area contributed by atoms with Gasteiger partial charge in [-0.25, -0.2) is 9.97 Å². The van der Waals surface area contributed by atoms with Gasteiger partial charge < -0.3 is 4.55 Å². The van der Waals surface area contributed by atoms with Crippen LogP contribution >= 0.6 is 0 Å². The highest BCUT2D eigenvalue weighted by Crippen LogP contribution is 2.32. The van der Waals surface area contributed by atoms with Crippen LogP contribution in [-0.4, -0.2) is 30.2 Å². The molecule has 2 heterocycles. The van der Waals surface area contributed by atoms with Crippen LogP contribution in [0.15, 0.2) is 6.20 Å². The van der Waals surface area contributed by atoms with Crippen LogP contribution in [0, 0.1) is 5.92 Å². The van der Waals surface area contributed by atoms with E-state index in [9.17, 15) is 8.76 Å². The largest absolute Gasteiger partial charge is 0.772 e. The summed E-state index contributed by atoms with van der Waals surface area (Å²) in [6.45, 7) is 8.32. The van der Waals surface area contributed by atoms with E-state index in [2.05, 4.69) is 35.6 Å². The molecule has 2 unspecified atom stereocenters. The molecule has 1 aromatic heterocycles. The predicted octanol–water partition coefficient (Wildman–Crippen LogP) is 1.39. The predicted molar refractivity (Wildman–Crippen MR) is 68.3 cm³/mol. The first-order chi connectivity index (χ1) is 8.47. The second kappa shape index (κ2) is 5.42. The van der Waals surface area contributed by atoms with Gasteiger partial charge in [-0.2, -0.15) is 0 Å². The number of aromatic nitrogens is 2. The molecule has 0 radical (unpaired) electrons. The molecule has 0 bridgehead atoms. The molecule has 18 heavy (non-hydrogen) atoms. The Morgan fingerprint density at radius 2 is 2.33 bits per heavy atom. The Balaban J connectivity index is 2.17. The zero-order valence-electron chi connectivity index (χ0n) is 10.9. The third kappa shape index (κ3) is 2.93. The van der Waals surface area contributed by atoms with E-state index in [0.717, 1.165) is 24.3 Å². The van der Waals surface area contributed by atoms with Crippen molar-refractivity contribution in [1.82, 2.24) is 14.9 Å². The molecule has 1 aliphatic rings. The van der Waals surface area contributed by atoms with Crippen molar-refractivity contribution in [3.8, 4) is 0 Å². The van der Waals surface area contributed by atoms with Crippen molar-refractivity contribution in [3.63, 3.8) is 0 Å². The Hall–Kier alpha value is -0.850. The summed E-state index contributed by atoms with van der Waals surface area (Å²) in [5.74, 6) is 0.885. The summed E-state index contributed by atoms with van der Waals surface area (Å²) in [4.78, 5) is 10.8. The van der Waals surface area contributed by atoms with Crippen molar-refractivity contribution in [1.29, 1.82) is 0 Å². The molecule has 0 saturated carbocycles. The fourth-order valence-electron chi connectivity index (χ4n) is 2.34. The average Bonchev–Trinajstić information content (AvgIpc) is 2.54. The minimum absolute atomic E-state index is 0.105. The van der Waals surface area contributed by atoms with Crippen LogP contribution in [0.4, 0.5) is 0 Å². The normalized spacial score (nSPS) is 21.3. The van der Waals surface area contributed by atoms with E-state index < -0.39 is 11.1 Å². The lowest BCUT2D eigenvalue weighted by Crippen LogP contribution is -2.24. The fraction of sp³-hybridized carbons (Fsp3) is 0.667. The standard InChI is InChI=1S/C12H19N3O2S/c1-8(2)5-15-6-11-10(9(15)3)4-13-12(14-11)7-18(16)17/h4,8-9H,5-7H2,1-3H3,(H,16,17)/p-1. The molecular formula is C12H18N3O2S-. The second-order valence-corrected chi connectivity index (χ2v) is 6.03. The molecule has 0 saturated heterocycles. The first-order valence-corrected chi connectivity index (χ1v) is 7.36. The highest BCUT2D eigenvalue weighted by atomic mass is 32.2. The highest BCUT2D eigenvalue weighted by Gasteiger charge is 2.28. The van der Waals surface area contributed by atoms with Crippen LogP contribution in [-0.2, 0) is 23.4 Å². The monoisotopic (exact) mass is 268 g/mol. The SMILES string of the molecule is CC(C)CN1Cc2nc(CS(=O)[O-])ncc2C1C. The van der Waals surface area contributed by atoms with Crippen molar-refractivity contribution in [3.05, 3.63) is 23.3 Å². The molecule has 1 aliphatic heterocycles. The Labute approximate surface area is 110 Å². The van der Waals surface area contributed by atoms with Crippen molar-refractivity contribution in [2.45, 2.75) is 39.1 Å². The maximum atomic E-state index is 10.7. The zero-order chi connectivity index (χ0) is 13.3. The highest BCUT2D eigenvalue weighted by molar-refractivity contribution is 7.78. The van der Waals surface area contributed by atoms with E-state index >= 15 is 0 Å². The van der Waals surface area contributed by atoms with Crippen LogP contribution < -0.4 is 0 Å². The van der Waals surface area contributed by atoms with E-state index in [1.165, 1.54) is 0 Å². The number of hydrogen-bond acceptors (Lipinski definition) is 5. The lowest BCUT2D eigenvalue weighted by atomic mass is 10.1. The minimum atomic E-state index is -2.13. The molecule has 1 aromatic rings. The third-order valence-corrected chi connectivity index (χ3v) is 3.64. The van der Waals surface area contributed by atoms with Gasteiger partial charge in [0.2, 0.25) is 0 Å². The smallest absolute Gasteiger partial charge is 0.139 e. The quantitative estimate of drug-likeness (QED) is 0.772. The molecular weight excluding hydrogens is 250 g/mol. The Kier molecular flexibility index (Phi) is 4.09. The van der Waals surface area contributed by atoms with Crippen molar-refractivity contribution in [2.75, 3.05) is 6.54 Å². The molecule has 6 heteroatoms. The van der Waals surface area contributed by atoms with Gasteiger partial charge in [-0.15, -0.1) is 0 Å². The summed E-state index contributed by atoms with van der Waals surface area (Å²) in [5, 5.41) is 0. The summed E-state index contributed by atoms with van der Waals surface area (Å²) < 4.78 is 21.3. The molecule has 2 rings (SSSR count). The van der Waals surface area contributed by atoms with E-state index in [1.54, 1.807) is 6.20 Å². The van der Waals surface area contributed by atoms with E-state index in [-0.39, 0.29) is 5.75 Å².